The maximum Gasteiger partial charge on any atom is 0.416 e. The number of ether oxygens (including phenoxy) is 2. The van der Waals surface area contributed by atoms with E-state index in [1.165, 1.54) is 41.3 Å². The molecule has 12 heteroatoms. The Hall–Kier alpha value is -4.45. The minimum absolute atomic E-state index is 0.00602. The van der Waals surface area contributed by atoms with Crippen LogP contribution in [0.15, 0.2) is 72.8 Å². The Labute approximate surface area is 246 Å². The van der Waals surface area contributed by atoms with Crippen LogP contribution in [0.2, 0.25) is 0 Å². The average Bonchev–Trinajstić information content (AvgIpc) is 3.26. The van der Waals surface area contributed by atoms with Crippen LogP contribution in [0.1, 0.15) is 34.8 Å². The highest BCUT2D eigenvalue weighted by molar-refractivity contribution is 7.80. The number of carbonyl (C=O) groups is 3. The third-order valence-electron chi connectivity index (χ3n) is 6.64. The van der Waals surface area contributed by atoms with E-state index in [-0.39, 0.29) is 41.6 Å². The number of amides is 2. The minimum atomic E-state index is -4.55. The first-order valence-electron chi connectivity index (χ1n) is 13.0. The highest BCUT2D eigenvalue weighted by atomic mass is 32.1. The van der Waals surface area contributed by atoms with E-state index in [0.717, 1.165) is 22.6 Å². The van der Waals surface area contributed by atoms with Gasteiger partial charge in [0.15, 0.2) is 5.11 Å². The molecule has 0 bridgehead atoms. The fourth-order valence-corrected chi connectivity index (χ4v) is 4.84. The third-order valence-corrected chi connectivity index (χ3v) is 6.97. The number of alkyl halides is 3. The molecule has 2 amide bonds. The molecule has 0 aromatic heterocycles. The molecular weight excluding hydrogens is 571 g/mol. The maximum atomic E-state index is 13.6. The molecule has 1 fully saturated rings. The van der Waals surface area contributed by atoms with Gasteiger partial charge >= 0.3 is 12.1 Å². The molecule has 8 nitrogen and oxygen atoms in total. The molecule has 0 aliphatic carbocycles. The molecule has 1 aliphatic rings. The van der Waals surface area contributed by atoms with Gasteiger partial charge in [-0.3, -0.25) is 9.59 Å². The summed E-state index contributed by atoms with van der Waals surface area (Å²) in [6.45, 7) is 2.07. The van der Waals surface area contributed by atoms with Gasteiger partial charge in [-0.05, 0) is 85.7 Å². The number of nitrogens with zero attached hydrogens (tertiary/aromatic N) is 2. The fraction of sp³-hybridized carbons (Fsp3) is 0.267. The van der Waals surface area contributed by atoms with E-state index in [4.69, 9.17) is 21.7 Å². The monoisotopic (exact) mass is 599 g/mol. The molecule has 1 atom stereocenters. The van der Waals surface area contributed by atoms with Crippen molar-refractivity contribution in [3.8, 4) is 5.75 Å². The summed E-state index contributed by atoms with van der Waals surface area (Å²) in [6, 6.07) is 16.7. The maximum absolute atomic E-state index is 13.6. The van der Waals surface area contributed by atoms with Gasteiger partial charge < -0.3 is 19.7 Å². The van der Waals surface area contributed by atoms with Crippen molar-refractivity contribution in [1.29, 1.82) is 0 Å². The van der Waals surface area contributed by atoms with E-state index in [0.29, 0.717) is 12.2 Å². The van der Waals surface area contributed by atoms with Gasteiger partial charge in [-0.15, -0.1) is 0 Å². The van der Waals surface area contributed by atoms with Gasteiger partial charge in [0.2, 0.25) is 5.91 Å². The zero-order valence-corrected chi connectivity index (χ0v) is 23.6. The molecule has 0 spiro atoms. The number of nitrogens with one attached hydrogen (secondary N) is 1. The predicted octanol–water partition coefficient (Wildman–Crippen LogP) is 5.46. The summed E-state index contributed by atoms with van der Waals surface area (Å²) in [6.07, 6.45) is -4.34. The predicted molar refractivity (Wildman–Crippen MR) is 154 cm³/mol. The summed E-state index contributed by atoms with van der Waals surface area (Å²) in [5.41, 5.74) is 0.666. The van der Waals surface area contributed by atoms with Crippen molar-refractivity contribution in [2.75, 3.05) is 30.5 Å². The molecule has 3 aromatic rings. The van der Waals surface area contributed by atoms with Crippen LogP contribution in [0.3, 0.4) is 0 Å². The zero-order chi connectivity index (χ0) is 30.4. The Balaban J connectivity index is 1.58. The van der Waals surface area contributed by atoms with Crippen molar-refractivity contribution >= 4 is 46.5 Å². The van der Waals surface area contributed by atoms with Crippen molar-refractivity contribution in [2.45, 2.75) is 32.0 Å². The van der Waals surface area contributed by atoms with Crippen molar-refractivity contribution < 1.29 is 37.0 Å². The summed E-state index contributed by atoms with van der Waals surface area (Å²) >= 11 is 5.58. The zero-order valence-electron chi connectivity index (χ0n) is 22.8. The number of carbonyl (C=O) groups excluding carboxylic acids is 3. The largest absolute Gasteiger partial charge is 0.497 e. The van der Waals surface area contributed by atoms with Gasteiger partial charge in [-0.25, -0.2) is 9.69 Å². The Morgan fingerprint density at radius 2 is 1.76 bits per heavy atom. The molecule has 220 valence electrons. The number of esters is 1. The average molecular weight is 600 g/mol. The van der Waals surface area contributed by atoms with Crippen LogP contribution in [0.4, 0.5) is 24.5 Å². The van der Waals surface area contributed by atoms with Crippen molar-refractivity contribution in [2.24, 2.45) is 0 Å². The second kappa shape index (κ2) is 13.0. The second-order valence-electron chi connectivity index (χ2n) is 9.35. The van der Waals surface area contributed by atoms with E-state index in [1.807, 2.05) is 12.1 Å². The van der Waals surface area contributed by atoms with Crippen molar-refractivity contribution in [3.63, 3.8) is 0 Å². The van der Waals surface area contributed by atoms with Gasteiger partial charge in [0, 0.05) is 12.2 Å². The van der Waals surface area contributed by atoms with Crippen LogP contribution in [0.5, 0.6) is 5.75 Å². The number of hydrogen-bond donors (Lipinski definition) is 1. The Kier molecular flexibility index (Phi) is 9.46. The first-order chi connectivity index (χ1) is 20.0. The summed E-state index contributed by atoms with van der Waals surface area (Å²) in [7, 11) is 1.55. The Morgan fingerprint density at radius 1 is 1.07 bits per heavy atom. The van der Waals surface area contributed by atoms with Crippen LogP contribution in [-0.2, 0) is 26.9 Å². The summed E-state index contributed by atoms with van der Waals surface area (Å²) in [5.74, 6) is -0.896. The molecule has 1 saturated heterocycles. The fourth-order valence-electron chi connectivity index (χ4n) is 4.50. The molecule has 3 aromatic carbocycles. The first-order valence-corrected chi connectivity index (χ1v) is 13.4. The quantitative estimate of drug-likeness (QED) is 0.197. The van der Waals surface area contributed by atoms with E-state index in [2.05, 4.69) is 5.32 Å². The molecule has 4 rings (SSSR count). The number of halogens is 3. The van der Waals surface area contributed by atoms with Gasteiger partial charge in [-0.2, -0.15) is 13.2 Å². The lowest BCUT2D eigenvalue weighted by atomic mass is 10.1. The van der Waals surface area contributed by atoms with Crippen molar-refractivity contribution in [1.82, 2.24) is 4.90 Å². The lowest BCUT2D eigenvalue weighted by Crippen LogP contribution is -2.48. The summed E-state index contributed by atoms with van der Waals surface area (Å²) in [5, 5.41) is 2.81. The van der Waals surface area contributed by atoms with Crippen LogP contribution in [0, 0.1) is 0 Å². The molecule has 0 saturated carbocycles. The number of benzene rings is 3. The lowest BCUT2D eigenvalue weighted by Gasteiger charge is -2.30. The van der Waals surface area contributed by atoms with Crippen LogP contribution < -0.4 is 15.0 Å². The topological polar surface area (TPSA) is 88.2 Å². The number of methoxy groups -OCH3 is 1. The van der Waals surface area contributed by atoms with E-state index < -0.39 is 35.6 Å². The van der Waals surface area contributed by atoms with Crippen LogP contribution in [-0.4, -0.2) is 54.1 Å². The number of hydrogen-bond acceptors (Lipinski definition) is 6. The van der Waals surface area contributed by atoms with E-state index in [1.54, 1.807) is 26.2 Å². The molecule has 1 unspecified atom stereocenters. The molecular formula is C30H28F3N3O5S. The third kappa shape index (κ3) is 7.06. The standard InChI is InChI=1S/C30H28F3N3O5S/c1-3-41-28(39)20-9-11-23(12-10-20)36-26(37)18-25(27(36)38)35(16-15-19-7-13-24(40-2)14-8-19)29(42)34-22-6-4-5-21(17-22)30(31,32)33/h4-14,17,25H,3,15-16,18H2,1-2H3,(H,34,42). The number of anilines is 2. The molecule has 1 aliphatic heterocycles. The van der Waals surface area contributed by atoms with Crippen LogP contribution >= 0.6 is 12.2 Å². The highest BCUT2D eigenvalue weighted by Gasteiger charge is 2.43. The normalized spacial score (nSPS) is 15.0. The molecule has 0 radical (unpaired) electrons. The van der Waals surface area contributed by atoms with Crippen molar-refractivity contribution in [3.05, 3.63) is 89.5 Å². The lowest BCUT2D eigenvalue weighted by molar-refractivity contribution is -0.137. The number of rotatable bonds is 9. The Bertz CT molecular complexity index is 1460. The first kappa shape index (κ1) is 30.5. The second-order valence-corrected chi connectivity index (χ2v) is 9.74. The van der Waals surface area contributed by atoms with Crippen LogP contribution in [0.25, 0.3) is 0 Å². The Morgan fingerprint density at radius 3 is 2.38 bits per heavy atom. The summed E-state index contributed by atoms with van der Waals surface area (Å²) in [4.78, 5) is 41.3. The van der Waals surface area contributed by atoms with Gasteiger partial charge in [0.1, 0.15) is 11.8 Å². The SMILES string of the molecule is CCOC(=O)c1ccc(N2C(=O)CC(N(CCc3ccc(OC)cc3)C(=S)Nc3cccc(C(F)(F)F)c3)C2=O)cc1. The van der Waals surface area contributed by atoms with E-state index >= 15 is 0 Å². The van der Waals surface area contributed by atoms with Gasteiger partial charge in [-0.1, -0.05) is 18.2 Å². The van der Waals surface area contributed by atoms with Gasteiger partial charge in [0.05, 0.1) is 37.0 Å². The number of thiocarbonyl (C=S) groups is 1. The summed E-state index contributed by atoms with van der Waals surface area (Å²) < 4.78 is 50.0. The minimum Gasteiger partial charge on any atom is -0.497 e. The molecule has 1 heterocycles. The smallest absolute Gasteiger partial charge is 0.416 e. The molecule has 42 heavy (non-hydrogen) atoms. The number of imide groups is 1. The molecule has 1 N–H and O–H groups in total. The van der Waals surface area contributed by atoms with Gasteiger partial charge in [0.25, 0.3) is 5.91 Å². The highest BCUT2D eigenvalue weighted by Crippen LogP contribution is 2.31. The van der Waals surface area contributed by atoms with E-state index in [9.17, 15) is 27.6 Å².